The Morgan fingerprint density at radius 1 is 1.15 bits per heavy atom. The molecule has 0 saturated heterocycles. The van der Waals surface area contributed by atoms with Crippen molar-refractivity contribution in [3.63, 3.8) is 0 Å². The van der Waals surface area contributed by atoms with E-state index >= 15 is 0 Å². The van der Waals surface area contributed by atoms with Gasteiger partial charge in [-0.25, -0.2) is 0 Å². The van der Waals surface area contributed by atoms with Crippen LogP contribution in [0.4, 0.5) is 5.69 Å². The fraction of sp³-hybridized carbons (Fsp3) is 0.136. The summed E-state index contributed by atoms with van der Waals surface area (Å²) in [4.78, 5) is 13.5. The molecule has 4 rings (SSSR count). The quantitative estimate of drug-likeness (QED) is 0.673. The van der Waals surface area contributed by atoms with Gasteiger partial charge in [-0.1, -0.05) is 48.4 Å². The number of thiophene rings is 1. The fourth-order valence-corrected chi connectivity index (χ4v) is 4.41. The normalized spacial score (nSPS) is 15.7. The number of carbonyl (C=O) groups is 1. The van der Waals surface area contributed by atoms with Gasteiger partial charge in [-0.2, -0.15) is 0 Å². The maximum Gasteiger partial charge on any atom is 0.225 e. The molecule has 1 aliphatic rings. The van der Waals surface area contributed by atoms with Crippen molar-refractivity contribution in [1.29, 1.82) is 0 Å². The predicted octanol–water partition coefficient (Wildman–Crippen LogP) is 4.90. The van der Waals surface area contributed by atoms with Gasteiger partial charge in [0.2, 0.25) is 5.91 Å². The summed E-state index contributed by atoms with van der Waals surface area (Å²) in [5.41, 5.74) is 4.24. The number of benzene rings is 2. The van der Waals surface area contributed by atoms with Gasteiger partial charge in [0.25, 0.3) is 0 Å². The minimum atomic E-state index is 0.0470. The molecular formula is C22H17NO2S. The molecule has 1 atom stereocenters. The Balaban J connectivity index is 1.69. The van der Waals surface area contributed by atoms with Crippen molar-refractivity contribution in [2.45, 2.75) is 12.3 Å². The Kier molecular flexibility index (Phi) is 4.47. The zero-order valence-corrected chi connectivity index (χ0v) is 14.9. The summed E-state index contributed by atoms with van der Waals surface area (Å²) >= 11 is 1.70. The molecule has 0 bridgehead atoms. The molecule has 26 heavy (non-hydrogen) atoms. The number of terminal acetylenes is 1. The van der Waals surface area contributed by atoms with Crippen molar-refractivity contribution < 1.29 is 9.53 Å². The highest BCUT2D eigenvalue weighted by Gasteiger charge is 2.30. The molecule has 1 N–H and O–H groups in total. The van der Waals surface area contributed by atoms with E-state index in [4.69, 9.17) is 11.2 Å². The first kappa shape index (κ1) is 16.4. The average molecular weight is 359 g/mol. The number of hydrogen-bond acceptors (Lipinski definition) is 3. The lowest BCUT2D eigenvalue weighted by molar-refractivity contribution is -0.116. The monoisotopic (exact) mass is 359 g/mol. The van der Waals surface area contributed by atoms with Crippen LogP contribution in [0.25, 0.3) is 11.1 Å². The summed E-state index contributed by atoms with van der Waals surface area (Å²) in [5.74, 6) is 3.30. The number of rotatable bonds is 4. The minimum Gasteiger partial charge on any atom is -0.481 e. The van der Waals surface area contributed by atoms with Gasteiger partial charge >= 0.3 is 0 Å². The van der Waals surface area contributed by atoms with Crippen LogP contribution in [0.3, 0.4) is 0 Å². The Hall–Kier alpha value is -3.03. The average Bonchev–Trinajstić information content (AvgIpc) is 3.10. The molecule has 2 heterocycles. The second kappa shape index (κ2) is 7.07. The third-order valence-electron chi connectivity index (χ3n) is 4.48. The minimum absolute atomic E-state index is 0.0470. The largest absolute Gasteiger partial charge is 0.481 e. The highest BCUT2D eigenvalue weighted by atomic mass is 32.1. The van der Waals surface area contributed by atoms with Crippen LogP contribution in [0.15, 0.2) is 60.0 Å². The van der Waals surface area contributed by atoms with E-state index in [1.165, 1.54) is 4.88 Å². The van der Waals surface area contributed by atoms with E-state index < -0.39 is 0 Å². The Bertz CT molecular complexity index is 968. The predicted molar refractivity (Wildman–Crippen MR) is 106 cm³/mol. The van der Waals surface area contributed by atoms with Gasteiger partial charge in [0.15, 0.2) is 0 Å². The van der Waals surface area contributed by atoms with Crippen molar-refractivity contribution in [3.8, 4) is 29.2 Å². The lowest BCUT2D eigenvalue weighted by Crippen LogP contribution is -2.22. The summed E-state index contributed by atoms with van der Waals surface area (Å²) < 4.78 is 5.44. The third-order valence-corrected chi connectivity index (χ3v) is 5.58. The first-order valence-corrected chi connectivity index (χ1v) is 9.27. The van der Waals surface area contributed by atoms with E-state index in [2.05, 4.69) is 28.8 Å². The summed E-state index contributed by atoms with van der Waals surface area (Å²) in [6.07, 6.45) is 5.67. The Morgan fingerprint density at radius 2 is 1.92 bits per heavy atom. The summed E-state index contributed by atoms with van der Waals surface area (Å²) in [6, 6.07) is 18.0. The van der Waals surface area contributed by atoms with Crippen LogP contribution in [-0.4, -0.2) is 12.5 Å². The molecule has 0 aliphatic carbocycles. The van der Waals surface area contributed by atoms with Gasteiger partial charge in [0, 0.05) is 28.2 Å². The topological polar surface area (TPSA) is 38.3 Å². The molecule has 0 radical (unpaired) electrons. The molecule has 1 aromatic heterocycles. The molecule has 1 aliphatic heterocycles. The van der Waals surface area contributed by atoms with Gasteiger partial charge in [0.1, 0.15) is 12.4 Å². The fourth-order valence-electron chi connectivity index (χ4n) is 3.25. The van der Waals surface area contributed by atoms with Crippen molar-refractivity contribution in [2.75, 3.05) is 11.9 Å². The first-order chi connectivity index (χ1) is 12.8. The van der Waals surface area contributed by atoms with E-state index in [9.17, 15) is 4.79 Å². The van der Waals surface area contributed by atoms with E-state index in [-0.39, 0.29) is 18.4 Å². The highest BCUT2D eigenvalue weighted by molar-refractivity contribution is 7.11. The van der Waals surface area contributed by atoms with Crippen molar-refractivity contribution in [2.24, 2.45) is 0 Å². The van der Waals surface area contributed by atoms with E-state index in [0.717, 1.165) is 28.1 Å². The van der Waals surface area contributed by atoms with E-state index in [1.807, 2.05) is 42.5 Å². The van der Waals surface area contributed by atoms with Crippen LogP contribution >= 0.6 is 11.3 Å². The number of fused-ring (bicyclic) bond motifs is 1. The molecule has 0 spiro atoms. The number of nitrogens with one attached hydrogen (secondary N) is 1. The van der Waals surface area contributed by atoms with Crippen LogP contribution < -0.4 is 10.1 Å². The third kappa shape index (κ3) is 3.10. The van der Waals surface area contributed by atoms with Gasteiger partial charge < -0.3 is 10.1 Å². The Morgan fingerprint density at radius 3 is 2.65 bits per heavy atom. The highest BCUT2D eigenvalue weighted by Crippen LogP contribution is 2.46. The maximum absolute atomic E-state index is 12.3. The molecule has 128 valence electrons. The lowest BCUT2D eigenvalue weighted by Gasteiger charge is -2.24. The van der Waals surface area contributed by atoms with Crippen molar-refractivity contribution in [1.82, 2.24) is 0 Å². The van der Waals surface area contributed by atoms with Gasteiger partial charge in [-0.05, 0) is 23.3 Å². The molecule has 0 saturated carbocycles. The molecule has 3 nitrogen and oxygen atoms in total. The molecule has 2 aromatic carbocycles. The smallest absolute Gasteiger partial charge is 0.225 e. The number of ether oxygens (including phenoxy) is 1. The van der Waals surface area contributed by atoms with Crippen LogP contribution in [0.5, 0.6) is 5.75 Å². The van der Waals surface area contributed by atoms with E-state index in [1.54, 1.807) is 11.3 Å². The maximum atomic E-state index is 12.3. The standard InChI is InChI=1S/C22H17NO2S/c1-2-12-25-17-10-8-16(9-11-17)18-13-20(24)23-21-19(14-26-22(18)21)15-6-4-3-5-7-15/h1,3-11,14,18H,12-13H2,(H,23,24)/t18-/m1/s1. The molecule has 0 unspecified atom stereocenters. The molecular weight excluding hydrogens is 342 g/mol. The number of hydrogen-bond donors (Lipinski definition) is 1. The van der Waals surface area contributed by atoms with Gasteiger partial charge in [-0.3, -0.25) is 4.79 Å². The number of anilines is 1. The SMILES string of the molecule is C#CCOc1ccc([C@H]2CC(=O)Nc3c(-c4ccccc4)csc32)cc1. The van der Waals surface area contributed by atoms with Crippen LogP contribution in [0.1, 0.15) is 22.8 Å². The molecule has 3 aromatic rings. The van der Waals surface area contributed by atoms with Crippen LogP contribution in [0.2, 0.25) is 0 Å². The van der Waals surface area contributed by atoms with E-state index in [0.29, 0.717) is 6.42 Å². The van der Waals surface area contributed by atoms with Crippen LogP contribution in [0, 0.1) is 12.3 Å². The van der Waals surface area contributed by atoms with Crippen molar-refractivity contribution in [3.05, 3.63) is 70.4 Å². The Labute approximate surface area is 156 Å². The van der Waals surface area contributed by atoms with Crippen LogP contribution in [-0.2, 0) is 4.79 Å². The zero-order valence-electron chi connectivity index (χ0n) is 14.1. The first-order valence-electron chi connectivity index (χ1n) is 8.39. The number of amides is 1. The van der Waals surface area contributed by atoms with Crippen molar-refractivity contribution >= 4 is 22.9 Å². The molecule has 1 amide bonds. The lowest BCUT2D eigenvalue weighted by atomic mass is 9.89. The zero-order chi connectivity index (χ0) is 17.9. The summed E-state index contributed by atoms with van der Waals surface area (Å²) in [5, 5.41) is 5.20. The molecule has 0 fully saturated rings. The summed E-state index contributed by atoms with van der Waals surface area (Å²) in [7, 11) is 0. The number of carbonyl (C=O) groups excluding carboxylic acids is 1. The second-order valence-corrected chi connectivity index (χ2v) is 7.03. The van der Waals surface area contributed by atoms with Gasteiger partial charge in [0.05, 0.1) is 5.69 Å². The molecule has 4 heteroatoms. The second-order valence-electron chi connectivity index (χ2n) is 6.12. The summed E-state index contributed by atoms with van der Waals surface area (Å²) in [6.45, 7) is 0.251. The van der Waals surface area contributed by atoms with Gasteiger partial charge in [-0.15, -0.1) is 17.8 Å².